The van der Waals surface area contributed by atoms with Gasteiger partial charge in [-0.25, -0.2) is 0 Å². The Hall–Kier alpha value is -2.16. The molecule has 0 amide bonds. The van der Waals surface area contributed by atoms with Gasteiger partial charge in [0.05, 0.1) is 13.2 Å². The summed E-state index contributed by atoms with van der Waals surface area (Å²) in [7, 11) is 0. The van der Waals surface area contributed by atoms with E-state index < -0.39 is 0 Å². The summed E-state index contributed by atoms with van der Waals surface area (Å²) in [5.41, 5.74) is 8.80. The SMILES string of the molecule is CCCCCCOc1ccc(-c2ccc(N)cc2)c(OCCCCCC)c1. The summed E-state index contributed by atoms with van der Waals surface area (Å²) in [6, 6.07) is 14.1. The maximum Gasteiger partial charge on any atom is 0.130 e. The lowest BCUT2D eigenvalue weighted by Crippen LogP contribution is -2.01. The monoisotopic (exact) mass is 369 g/mol. The molecule has 2 rings (SSSR count). The molecule has 0 aromatic heterocycles. The van der Waals surface area contributed by atoms with Gasteiger partial charge in [0.1, 0.15) is 11.5 Å². The molecule has 0 unspecified atom stereocenters. The van der Waals surface area contributed by atoms with Gasteiger partial charge in [-0.2, -0.15) is 0 Å². The summed E-state index contributed by atoms with van der Waals surface area (Å²) in [5, 5.41) is 0. The van der Waals surface area contributed by atoms with E-state index in [0.717, 1.165) is 54.4 Å². The number of hydrogen-bond acceptors (Lipinski definition) is 3. The number of anilines is 1. The van der Waals surface area contributed by atoms with Crippen molar-refractivity contribution in [2.45, 2.75) is 65.2 Å². The lowest BCUT2D eigenvalue weighted by molar-refractivity contribution is 0.291. The Morgan fingerprint density at radius 3 is 1.96 bits per heavy atom. The van der Waals surface area contributed by atoms with Crippen LogP contribution in [0.1, 0.15) is 65.2 Å². The van der Waals surface area contributed by atoms with Crippen LogP contribution in [-0.2, 0) is 0 Å². The van der Waals surface area contributed by atoms with E-state index in [2.05, 4.69) is 19.9 Å². The number of rotatable bonds is 13. The Morgan fingerprint density at radius 2 is 1.33 bits per heavy atom. The zero-order chi connectivity index (χ0) is 19.3. The molecule has 0 heterocycles. The average Bonchev–Trinajstić information content (AvgIpc) is 2.69. The Kier molecular flexibility index (Phi) is 9.61. The van der Waals surface area contributed by atoms with Gasteiger partial charge in [0, 0.05) is 17.3 Å². The highest BCUT2D eigenvalue weighted by Crippen LogP contribution is 2.34. The fourth-order valence-corrected chi connectivity index (χ4v) is 3.04. The van der Waals surface area contributed by atoms with E-state index in [9.17, 15) is 0 Å². The third-order valence-electron chi connectivity index (χ3n) is 4.70. The molecule has 0 aliphatic rings. The van der Waals surface area contributed by atoms with Crippen molar-refractivity contribution in [3.05, 3.63) is 42.5 Å². The molecule has 0 aliphatic carbocycles. The van der Waals surface area contributed by atoms with Gasteiger partial charge in [-0.3, -0.25) is 0 Å². The van der Waals surface area contributed by atoms with Crippen LogP contribution in [0.2, 0.25) is 0 Å². The number of ether oxygens (including phenoxy) is 2. The van der Waals surface area contributed by atoms with E-state index in [4.69, 9.17) is 15.2 Å². The van der Waals surface area contributed by atoms with E-state index >= 15 is 0 Å². The van der Waals surface area contributed by atoms with Crippen molar-refractivity contribution in [3.8, 4) is 22.6 Å². The minimum Gasteiger partial charge on any atom is -0.493 e. The summed E-state index contributed by atoms with van der Waals surface area (Å²) in [5.74, 6) is 1.77. The third kappa shape index (κ3) is 7.54. The molecular formula is C24H35NO2. The highest BCUT2D eigenvalue weighted by molar-refractivity contribution is 5.72. The van der Waals surface area contributed by atoms with Gasteiger partial charge in [-0.1, -0.05) is 64.5 Å². The Morgan fingerprint density at radius 1 is 0.704 bits per heavy atom. The van der Waals surface area contributed by atoms with Gasteiger partial charge in [-0.05, 0) is 42.7 Å². The molecule has 3 heteroatoms. The second-order valence-corrected chi connectivity index (χ2v) is 7.10. The first-order valence-corrected chi connectivity index (χ1v) is 10.5. The van der Waals surface area contributed by atoms with Crippen molar-refractivity contribution in [1.82, 2.24) is 0 Å². The number of nitrogen functional groups attached to an aromatic ring is 1. The molecule has 0 bridgehead atoms. The Balaban J connectivity index is 2.05. The first kappa shape index (κ1) is 21.1. The molecule has 0 spiro atoms. The van der Waals surface area contributed by atoms with Crippen molar-refractivity contribution in [2.24, 2.45) is 0 Å². The first-order chi connectivity index (χ1) is 13.2. The van der Waals surface area contributed by atoms with Gasteiger partial charge < -0.3 is 15.2 Å². The molecule has 0 fully saturated rings. The fourth-order valence-electron chi connectivity index (χ4n) is 3.04. The van der Waals surface area contributed by atoms with Crippen LogP contribution < -0.4 is 15.2 Å². The van der Waals surface area contributed by atoms with E-state index in [1.54, 1.807) is 0 Å². The first-order valence-electron chi connectivity index (χ1n) is 10.5. The Labute approximate surface area is 164 Å². The molecule has 0 saturated carbocycles. The second-order valence-electron chi connectivity index (χ2n) is 7.10. The fraction of sp³-hybridized carbons (Fsp3) is 0.500. The molecular weight excluding hydrogens is 334 g/mol. The predicted octanol–water partition coefficient (Wildman–Crippen LogP) is 6.85. The molecule has 0 radical (unpaired) electrons. The quantitative estimate of drug-likeness (QED) is 0.310. The van der Waals surface area contributed by atoms with Crippen LogP contribution in [0.3, 0.4) is 0 Å². The molecule has 2 aromatic rings. The highest BCUT2D eigenvalue weighted by Gasteiger charge is 2.09. The molecule has 2 N–H and O–H groups in total. The smallest absolute Gasteiger partial charge is 0.130 e. The summed E-state index contributed by atoms with van der Waals surface area (Å²) in [6.45, 7) is 5.95. The minimum absolute atomic E-state index is 0.738. The zero-order valence-electron chi connectivity index (χ0n) is 17.0. The maximum atomic E-state index is 6.14. The van der Waals surface area contributed by atoms with Gasteiger partial charge >= 0.3 is 0 Å². The Bertz CT molecular complexity index is 652. The van der Waals surface area contributed by atoms with Crippen molar-refractivity contribution >= 4 is 5.69 Å². The highest BCUT2D eigenvalue weighted by atomic mass is 16.5. The maximum absolute atomic E-state index is 6.14. The summed E-state index contributed by atoms with van der Waals surface area (Å²) < 4.78 is 12.1. The van der Waals surface area contributed by atoms with Crippen LogP contribution in [0, 0.1) is 0 Å². The van der Waals surface area contributed by atoms with Crippen LogP contribution in [0.5, 0.6) is 11.5 Å². The summed E-state index contributed by atoms with van der Waals surface area (Å²) in [4.78, 5) is 0. The number of hydrogen-bond donors (Lipinski definition) is 1. The molecule has 27 heavy (non-hydrogen) atoms. The van der Waals surface area contributed by atoms with E-state index in [1.165, 1.54) is 38.5 Å². The molecule has 148 valence electrons. The molecule has 0 saturated heterocycles. The van der Waals surface area contributed by atoms with E-state index in [-0.39, 0.29) is 0 Å². The van der Waals surface area contributed by atoms with Gasteiger partial charge in [0.2, 0.25) is 0 Å². The predicted molar refractivity (Wildman–Crippen MR) is 116 cm³/mol. The summed E-state index contributed by atoms with van der Waals surface area (Å²) >= 11 is 0. The third-order valence-corrected chi connectivity index (χ3v) is 4.70. The van der Waals surface area contributed by atoms with Crippen molar-refractivity contribution in [1.29, 1.82) is 0 Å². The van der Waals surface area contributed by atoms with Crippen LogP contribution in [0.25, 0.3) is 11.1 Å². The number of unbranched alkanes of at least 4 members (excludes halogenated alkanes) is 6. The molecule has 3 nitrogen and oxygen atoms in total. The topological polar surface area (TPSA) is 44.5 Å². The van der Waals surface area contributed by atoms with Crippen LogP contribution in [0.15, 0.2) is 42.5 Å². The summed E-state index contributed by atoms with van der Waals surface area (Å²) in [6.07, 6.45) is 9.62. The van der Waals surface area contributed by atoms with E-state index in [1.807, 2.05) is 36.4 Å². The lowest BCUT2D eigenvalue weighted by atomic mass is 10.0. The standard InChI is InChI=1S/C24H35NO2/c1-3-5-7-9-17-26-22-15-16-23(20-11-13-21(25)14-12-20)24(19-22)27-18-10-8-6-4-2/h11-16,19H,3-10,17-18,25H2,1-2H3. The normalized spacial score (nSPS) is 10.7. The zero-order valence-corrected chi connectivity index (χ0v) is 17.0. The second kappa shape index (κ2) is 12.3. The van der Waals surface area contributed by atoms with Crippen molar-refractivity contribution in [2.75, 3.05) is 18.9 Å². The lowest BCUT2D eigenvalue weighted by Gasteiger charge is -2.14. The molecule has 0 atom stereocenters. The molecule has 0 aliphatic heterocycles. The van der Waals surface area contributed by atoms with Gasteiger partial charge in [-0.15, -0.1) is 0 Å². The van der Waals surface area contributed by atoms with Crippen LogP contribution in [0.4, 0.5) is 5.69 Å². The van der Waals surface area contributed by atoms with Gasteiger partial charge in [0.25, 0.3) is 0 Å². The number of nitrogens with two attached hydrogens (primary N) is 1. The van der Waals surface area contributed by atoms with Crippen molar-refractivity contribution < 1.29 is 9.47 Å². The van der Waals surface area contributed by atoms with E-state index in [0.29, 0.717) is 0 Å². The average molecular weight is 370 g/mol. The van der Waals surface area contributed by atoms with Crippen molar-refractivity contribution in [3.63, 3.8) is 0 Å². The van der Waals surface area contributed by atoms with Crippen LogP contribution in [-0.4, -0.2) is 13.2 Å². The van der Waals surface area contributed by atoms with Crippen LogP contribution >= 0.6 is 0 Å². The molecule has 2 aromatic carbocycles. The number of benzene rings is 2. The minimum atomic E-state index is 0.738. The van der Waals surface area contributed by atoms with Gasteiger partial charge in [0.15, 0.2) is 0 Å². The largest absolute Gasteiger partial charge is 0.493 e.